The molecule has 0 aliphatic rings. The van der Waals surface area contributed by atoms with Gasteiger partial charge < -0.3 is 11.1 Å². The molecule has 6 heteroatoms. The standard InChI is InChI=1S/C18H19F3N3/c1-2-15(24-12-18(19,20)21)11-23-17-10-14(22)8-9-16(17)13-6-4-3-5-7-13/h3-11,15,24H,1-2,12,22H2/t15-/m0/s1. The quantitative estimate of drug-likeness (QED) is 0.608. The Morgan fingerprint density at radius 3 is 2.50 bits per heavy atom. The maximum atomic E-state index is 12.3. The molecule has 0 amide bonds. The molecule has 0 bridgehead atoms. The fraction of sp³-hybridized carbons (Fsp3) is 0.222. The molecule has 3 nitrogen and oxygen atoms in total. The van der Waals surface area contributed by atoms with Crippen LogP contribution in [-0.4, -0.2) is 25.0 Å². The number of nitrogens with one attached hydrogen (secondary N) is 1. The molecule has 1 atom stereocenters. The fourth-order valence-corrected chi connectivity index (χ4v) is 2.16. The fourth-order valence-electron chi connectivity index (χ4n) is 2.16. The Kier molecular flexibility index (Phi) is 5.98. The van der Waals surface area contributed by atoms with Gasteiger partial charge in [0.05, 0.1) is 12.2 Å². The van der Waals surface area contributed by atoms with Crippen LogP contribution in [0.25, 0.3) is 11.1 Å². The molecule has 0 fully saturated rings. The zero-order valence-corrected chi connectivity index (χ0v) is 13.1. The van der Waals surface area contributed by atoms with E-state index in [0.29, 0.717) is 11.4 Å². The van der Waals surface area contributed by atoms with E-state index in [-0.39, 0.29) is 6.42 Å². The van der Waals surface area contributed by atoms with Crippen molar-refractivity contribution < 1.29 is 13.2 Å². The first-order valence-corrected chi connectivity index (χ1v) is 7.47. The predicted octanol–water partition coefficient (Wildman–Crippen LogP) is 4.38. The molecular weight excluding hydrogens is 315 g/mol. The number of nitrogen functional groups attached to an aromatic ring is 1. The van der Waals surface area contributed by atoms with Crippen LogP contribution in [0, 0.1) is 6.92 Å². The summed E-state index contributed by atoms with van der Waals surface area (Å²) in [6.07, 6.45) is -2.57. The molecule has 2 aromatic rings. The molecule has 0 saturated carbocycles. The minimum absolute atomic E-state index is 0.253. The predicted molar refractivity (Wildman–Crippen MR) is 92.3 cm³/mol. The molecule has 0 aromatic heterocycles. The molecule has 2 aromatic carbocycles. The number of rotatable bonds is 6. The number of hydrogen-bond donors (Lipinski definition) is 2. The number of alkyl halides is 3. The lowest BCUT2D eigenvalue weighted by atomic mass is 10.0. The van der Waals surface area contributed by atoms with Crippen molar-refractivity contribution in [1.82, 2.24) is 5.32 Å². The van der Waals surface area contributed by atoms with Crippen molar-refractivity contribution >= 4 is 17.6 Å². The van der Waals surface area contributed by atoms with E-state index in [1.165, 1.54) is 6.21 Å². The number of aliphatic imine (C=N–C) groups is 1. The van der Waals surface area contributed by atoms with E-state index in [9.17, 15) is 13.2 Å². The van der Waals surface area contributed by atoms with E-state index >= 15 is 0 Å². The highest BCUT2D eigenvalue weighted by Crippen LogP contribution is 2.31. The van der Waals surface area contributed by atoms with Crippen LogP contribution < -0.4 is 11.1 Å². The third-order valence-corrected chi connectivity index (χ3v) is 3.38. The van der Waals surface area contributed by atoms with Crippen LogP contribution in [0.2, 0.25) is 0 Å². The summed E-state index contributed by atoms with van der Waals surface area (Å²) in [5, 5.41) is 2.39. The summed E-state index contributed by atoms with van der Waals surface area (Å²) >= 11 is 0. The van der Waals surface area contributed by atoms with E-state index in [1.807, 2.05) is 36.4 Å². The van der Waals surface area contributed by atoms with Crippen molar-refractivity contribution in [3.05, 3.63) is 55.5 Å². The zero-order chi connectivity index (χ0) is 17.6. The molecular formula is C18H19F3N3. The van der Waals surface area contributed by atoms with Crippen LogP contribution in [0.4, 0.5) is 24.5 Å². The van der Waals surface area contributed by atoms with Crippen LogP contribution in [0.15, 0.2) is 53.5 Å². The Balaban J connectivity index is 2.23. The molecule has 0 spiro atoms. The Bertz CT molecular complexity index is 682. The smallest absolute Gasteiger partial charge is 0.399 e. The van der Waals surface area contributed by atoms with E-state index in [4.69, 9.17) is 5.73 Å². The summed E-state index contributed by atoms with van der Waals surface area (Å²) in [5.41, 5.74) is 8.77. The minimum atomic E-state index is -4.27. The van der Waals surface area contributed by atoms with Gasteiger partial charge in [-0.1, -0.05) is 43.3 Å². The van der Waals surface area contributed by atoms with Gasteiger partial charge >= 0.3 is 6.18 Å². The Morgan fingerprint density at radius 2 is 1.88 bits per heavy atom. The normalized spacial score (nSPS) is 13.3. The maximum absolute atomic E-state index is 12.3. The number of anilines is 1. The number of nitrogens with zero attached hydrogens (tertiary/aromatic N) is 1. The largest absolute Gasteiger partial charge is 0.401 e. The Labute approximate surface area is 139 Å². The summed E-state index contributed by atoms with van der Waals surface area (Å²) in [7, 11) is 0. The molecule has 0 unspecified atom stereocenters. The van der Waals surface area contributed by atoms with Gasteiger partial charge in [0, 0.05) is 23.5 Å². The highest BCUT2D eigenvalue weighted by Gasteiger charge is 2.27. The summed E-state index contributed by atoms with van der Waals surface area (Å²) in [6, 6.07) is 14.3. The van der Waals surface area contributed by atoms with Gasteiger partial charge in [-0.05, 0) is 24.1 Å². The first-order chi connectivity index (χ1) is 11.4. The van der Waals surface area contributed by atoms with E-state index in [0.717, 1.165) is 11.1 Å². The van der Waals surface area contributed by atoms with Crippen molar-refractivity contribution in [2.24, 2.45) is 4.99 Å². The average molecular weight is 334 g/mol. The van der Waals surface area contributed by atoms with Crippen molar-refractivity contribution in [3.63, 3.8) is 0 Å². The molecule has 24 heavy (non-hydrogen) atoms. The van der Waals surface area contributed by atoms with Crippen LogP contribution in [0.5, 0.6) is 0 Å². The summed E-state index contributed by atoms with van der Waals surface area (Å²) < 4.78 is 36.9. The highest BCUT2D eigenvalue weighted by molar-refractivity contribution is 5.82. The molecule has 0 saturated heterocycles. The molecule has 2 rings (SSSR count). The van der Waals surface area contributed by atoms with Gasteiger partial charge in [0.25, 0.3) is 0 Å². The van der Waals surface area contributed by atoms with Gasteiger partial charge in [-0.25, -0.2) is 0 Å². The second-order valence-electron chi connectivity index (χ2n) is 5.31. The van der Waals surface area contributed by atoms with Crippen molar-refractivity contribution in [2.75, 3.05) is 12.3 Å². The zero-order valence-electron chi connectivity index (χ0n) is 13.1. The third kappa shape index (κ3) is 5.38. The second-order valence-corrected chi connectivity index (χ2v) is 5.31. The van der Waals surface area contributed by atoms with Gasteiger partial charge in [-0.15, -0.1) is 0 Å². The number of hydrogen-bond acceptors (Lipinski definition) is 3. The minimum Gasteiger partial charge on any atom is -0.399 e. The second kappa shape index (κ2) is 7.97. The molecule has 1 radical (unpaired) electrons. The molecule has 127 valence electrons. The SMILES string of the molecule is [CH2]C[C@@H](C=Nc1cc(N)ccc1-c1ccccc1)NCC(F)(F)F. The van der Waals surface area contributed by atoms with Crippen LogP contribution >= 0.6 is 0 Å². The third-order valence-electron chi connectivity index (χ3n) is 3.38. The van der Waals surface area contributed by atoms with E-state index in [1.54, 1.807) is 12.1 Å². The van der Waals surface area contributed by atoms with Gasteiger partial charge in [0.1, 0.15) is 0 Å². The summed E-state index contributed by atoms with van der Waals surface area (Å²) in [4.78, 5) is 4.34. The Hall–Kier alpha value is -2.34. The lowest BCUT2D eigenvalue weighted by molar-refractivity contribution is -0.125. The van der Waals surface area contributed by atoms with Crippen LogP contribution in [0.3, 0.4) is 0 Å². The Morgan fingerprint density at radius 1 is 1.17 bits per heavy atom. The number of halogens is 3. The van der Waals surface area contributed by atoms with Crippen molar-refractivity contribution in [3.8, 4) is 11.1 Å². The van der Waals surface area contributed by atoms with Gasteiger partial charge in [-0.3, -0.25) is 4.99 Å². The van der Waals surface area contributed by atoms with E-state index < -0.39 is 18.8 Å². The van der Waals surface area contributed by atoms with Crippen molar-refractivity contribution in [2.45, 2.75) is 18.6 Å². The molecule has 0 aliphatic carbocycles. The monoisotopic (exact) mass is 334 g/mol. The lowest BCUT2D eigenvalue weighted by Crippen LogP contribution is -2.37. The summed E-state index contributed by atoms with van der Waals surface area (Å²) in [5.74, 6) is 0. The first kappa shape index (κ1) is 18.0. The van der Waals surface area contributed by atoms with Crippen LogP contribution in [0.1, 0.15) is 6.42 Å². The van der Waals surface area contributed by atoms with Crippen LogP contribution in [-0.2, 0) is 0 Å². The van der Waals surface area contributed by atoms with E-state index in [2.05, 4.69) is 17.2 Å². The average Bonchev–Trinajstić information content (AvgIpc) is 2.55. The highest BCUT2D eigenvalue weighted by atomic mass is 19.4. The summed E-state index contributed by atoms with van der Waals surface area (Å²) in [6.45, 7) is 2.57. The lowest BCUT2D eigenvalue weighted by Gasteiger charge is -2.14. The van der Waals surface area contributed by atoms with Gasteiger partial charge in [0.2, 0.25) is 0 Å². The molecule has 0 aliphatic heterocycles. The van der Waals surface area contributed by atoms with Gasteiger partial charge in [-0.2, -0.15) is 13.2 Å². The van der Waals surface area contributed by atoms with Crippen molar-refractivity contribution in [1.29, 1.82) is 0 Å². The number of nitrogens with two attached hydrogens (primary N) is 1. The molecule has 3 N–H and O–H groups in total. The first-order valence-electron chi connectivity index (χ1n) is 7.47. The topological polar surface area (TPSA) is 50.4 Å². The molecule has 0 heterocycles. The van der Waals surface area contributed by atoms with Gasteiger partial charge in [0.15, 0.2) is 0 Å². The maximum Gasteiger partial charge on any atom is 0.401 e. The number of benzene rings is 2.